The van der Waals surface area contributed by atoms with Gasteiger partial charge in [0.1, 0.15) is 5.75 Å². The third-order valence-corrected chi connectivity index (χ3v) is 7.21. The van der Waals surface area contributed by atoms with E-state index in [1.165, 1.54) is 6.08 Å². The van der Waals surface area contributed by atoms with Crippen molar-refractivity contribution in [2.24, 2.45) is 0 Å². The van der Waals surface area contributed by atoms with Crippen LogP contribution in [0.5, 0.6) is 5.75 Å². The number of nitrogens with one attached hydrogen (secondary N) is 2. The standard InChI is InChI=1S/C23H27N3O4S2/c1-30-20-11-6-18(7-12-20)8-15-22(27)25-23(31)24-19-9-13-21(14-10-19)32(28,29)26-16-4-2-3-5-17-26/h6-15H,2-5,16-17H2,1H3,(H2,24,25,27,31)/b15-8+. The van der Waals surface area contributed by atoms with Crippen molar-refractivity contribution in [2.75, 3.05) is 25.5 Å². The predicted molar refractivity (Wildman–Crippen MR) is 130 cm³/mol. The molecule has 3 rings (SSSR count). The fourth-order valence-corrected chi connectivity index (χ4v) is 5.08. The summed E-state index contributed by atoms with van der Waals surface area (Å²) < 4.78 is 32.4. The van der Waals surface area contributed by atoms with Crippen LogP contribution in [0.15, 0.2) is 59.5 Å². The maximum Gasteiger partial charge on any atom is 0.250 e. The van der Waals surface area contributed by atoms with Crippen LogP contribution in [0, 0.1) is 0 Å². The minimum atomic E-state index is -3.50. The number of anilines is 1. The van der Waals surface area contributed by atoms with Crippen molar-refractivity contribution in [3.8, 4) is 5.75 Å². The first-order valence-electron chi connectivity index (χ1n) is 10.4. The van der Waals surface area contributed by atoms with E-state index < -0.39 is 10.0 Å². The number of hydrogen-bond acceptors (Lipinski definition) is 5. The summed E-state index contributed by atoms with van der Waals surface area (Å²) in [5.74, 6) is 0.362. The largest absolute Gasteiger partial charge is 0.497 e. The summed E-state index contributed by atoms with van der Waals surface area (Å²) in [5.41, 5.74) is 1.44. The molecule has 0 bridgehead atoms. The Labute approximate surface area is 194 Å². The normalized spacial score (nSPS) is 15.2. The van der Waals surface area contributed by atoms with Gasteiger partial charge in [0, 0.05) is 24.9 Å². The first-order chi connectivity index (χ1) is 15.4. The zero-order valence-corrected chi connectivity index (χ0v) is 19.5. The summed E-state index contributed by atoms with van der Waals surface area (Å²) in [6.45, 7) is 1.12. The summed E-state index contributed by atoms with van der Waals surface area (Å²) in [6.07, 6.45) is 6.95. The monoisotopic (exact) mass is 473 g/mol. The predicted octanol–water partition coefficient (Wildman–Crippen LogP) is 3.79. The van der Waals surface area contributed by atoms with Crippen molar-refractivity contribution >= 4 is 45.0 Å². The van der Waals surface area contributed by atoms with Crippen LogP contribution in [0.4, 0.5) is 5.69 Å². The number of sulfonamides is 1. The molecular formula is C23H27N3O4S2. The first-order valence-corrected chi connectivity index (χ1v) is 12.3. The van der Waals surface area contributed by atoms with Crippen LogP contribution in [0.1, 0.15) is 31.2 Å². The van der Waals surface area contributed by atoms with Gasteiger partial charge in [-0.05, 0) is 73.1 Å². The summed E-state index contributed by atoms with van der Waals surface area (Å²) in [6, 6.07) is 13.7. The number of thiocarbonyl (C=S) groups is 1. The molecule has 0 saturated carbocycles. The van der Waals surface area contributed by atoms with Crippen molar-refractivity contribution in [1.29, 1.82) is 0 Å². The Morgan fingerprint density at radius 1 is 1.00 bits per heavy atom. The van der Waals surface area contributed by atoms with Gasteiger partial charge < -0.3 is 10.1 Å². The number of benzene rings is 2. The van der Waals surface area contributed by atoms with Crippen molar-refractivity contribution in [1.82, 2.24) is 9.62 Å². The third kappa shape index (κ3) is 6.62. The molecule has 32 heavy (non-hydrogen) atoms. The van der Waals surface area contributed by atoms with Crippen molar-refractivity contribution in [3.63, 3.8) is 0 Å². The lowest BCUT2D eigenvalue weighted by atomic mass is 10.2. The lowest BCUT2D eigenvalue weighted by molar-refractivity contribution is -0.115. The Bertz CT molecular complexity index is 1060. The molecule has 0 aliphatic carbocycles. The second kappa shape index (κ2) is 11.2. The summed E-state index contributed by atoms with van der Waals surface area (Å²) in [7, 11) is -1.91. The van der Waals surface area contributed by atoms with E-state index in [4.69, 9.17) is 17.0 Å². The van der Waals surface area contributed by atoms with Crippen LogP contribution in [0.25, 0.3) is 6.08 Å². The van der Waals surface area contributed by atoms with Gasteiger partial charge >= 0.3 is 0 Å². The minimum absolute atomic E-state index is 0.123. The molecule has 1 amide bonds. The fraction of sp³-hybridized carbons (Fsp3) is 0.304. The molecule has 0 unspecified atom stereocenters. The van der Waals surface area contributed by atoms with E-state index in [1.54, 1.807) is 53.9 Å². The van der Waals surface area contributed by atoms with E-state index in [-0.39, 0.29) is 15.9 Å². The molecule has 1 saturated heterocycles. The van der Waals surface area contributed by atoms with Gasteiger partial charge in [0.2, 0.25) is 15.9 Å². The van der Waals surface area contributed by atoms with Gasteiger partial charge in [-0.15, -0.1) is 0 Å². The van der Waals surface area contributed by atoms with Crippen LogP contribution in [-0.4, -0.2) is 43.9 Å². The molecule has 0 radical (unpaired) electrons. The lowest BCUT2D eigenvalue weighted by Crippen LogP contribution is -2.33. The smallest absolute Gasteiger partial charge is 0.250 e. The average Bonchev–Trinajstić information content (AvgIpc) is 3.08. The Balaban J connectivity index is 1.54. The van der Waals surface area contributed by atoms with Gasteiger partial charge in [-0.1, -0.05) is 25.0 Å². The maximum absolute atomic E-state index is 12.9. The number of hydrogen-bond donors (Lipinski definition) is 2. The highest BCUT2D eigenvalue weighted by molar-refractivity contribution is 7.89. The van der Waals surface area contributed by atoms with Gasteiger partial charge in [-0.25, -0.2) is 8.42 Å². The average molecular weight is 474 g/mol. The van der Waals surface area contributed by atoms with Gasteiger partial charge in [-0.3, -0.25) is 10.1 Å². The highest BCUT2D eigenvalue weighted by Crippen LogP contribution is 2.21. The van der Waals surface area contributed by atoms with E-state index in [2.05, 4.69) is 10.6 Å². The zero-order chi connectivity index (χ0) is 23.0. The number of ether oxygens (including phenoxy) is 1. The second-order valence-corrected chi connectivity index (χ2v) is 9.74. The van der Waals surface area contributed by atoms with E-state index in [1.807, 2.05) is 12.1 Å². The van der Waals surface area contributed by atoms with E-state index >= 15 is 0 Å². The highest BCUT2D eigenvalue weighted by atomic mass is 32.2. The highest BCUT2D eigenvalue weighted by Gasteiger charge is 2.24. The molecule has 9 heteroatoms. The third-order valence-electron chi connectivity index (χ3n) is 5.09. The van der Waals surface area contributed by atoms with Crippen molar-refractivity contribution in [3.05, 3.63) is 60.2 Å². The molecule has 1 fully saturated rings. The van der Waals surface area contributed by atoms with Crippen LogP contribution in [0.3, 0.4) is 0 Å². The summed E-state index contributed by atoms with van der Waals surface area (Å²) in [5, 5.41) is 5.59. The SMILES string of the molecule is COc1ccc(/C=C/C(=O)NC(=S)Nc2ccc(S(=O)(=O)N3CCCCCC3)cc2)cc1. The van der Waals surface area contributed by atoms with E-state index in [0.29, 0.717) is 18.8 Å². The van der Waals surface area contributed by atoms with Gasteiger partial charge in [0.15, 0.2) is 5.11 Å². The second-order valence-electron chi connectivity index (χ2n) is 7.39. The molecule has 7 nitrogen and oxygen atoms in total. The molecule has 0 spiro atoms. The van der Waals surface area contributed by atoms with Gasteiger partial charge in [-0.2, -0.15) is 4.31 Å². The molecule has 1 aliphatic rings. The van der Waals surface area contributed by atoms with Crippen LogP contribution in [-0.2, 0) is 14.8 Å². The molecular weight excluding hydrogens is 446 g/mol. The number of nitrogens with zero attached hydrogens (tertiary/aromatic N) is 1. The lowest BCUT2D eigenvalue weighted by Gasteiger charge is -2.20. The Kier molecular flexibility index (Phi) is 8.38. The van der Waals surface area contributed by atoms with Crippen LogP contribution >= 0.6 is 12.2 Å². The maximum atomic E-state index is 12.9. The number of methoxy groups -OCH3 is 1. The fourth-order valence-electron chi connectivity index (χ4n) is 3.34. The Morgan fingerprint density at radius 3 is 2.22 bits per heavy atom. The summed E-state index contributed by atoms with van der Waals surface area (Å²) in [4.78, 5) is 12.3. The molecule has 1 heterocycles. The Morgan fingerprint density at radius 2 is 1.62 bits per heavy atom. The zero-order valence-electron chi connectivity index (χ0n) is 17.9. The van der Waals surface area contributed by atoms with Crippen molar-refractivity contribution in [2.45, 2.75) is 30.6 Å². The number of rotatable bonds is 6. The van der Waals surface area contributed by atoms with Gasteiger partial charge in [0.05, 0.1) is 12.0 Å². The number of amides is 1. The Hall–Kier alpha value is -2.75. The molecule has 2 N–H and O–H groups in total. The topological polar surface area (TPSA) is 87.7 Å². The van der Waals surface area contributed by atoms with Crippen LogP contribution in [0.2, 0.25) is 0 Å². The first kappa shape index (κ1) is 23.9. The number of carbonyl (C=O) groups excluding carboxylic acids is 1. The number of carbonyl (C=O) groups is 1. The molecule has 170 valence electrons. The molecule has 1 aliphatic heterocycles. The molecule has 0 aromatic heterocycles. The van der Waals surface area contributed by atoms with Gasteiger partial charge in [0.25, 0.3) is 0 Å². The summed E-state index contributed by atoms with van der Waals surface area (Å²) >= 11 is 5.18. The van der Waals surface area contributed by atoms with E-state index in [9.17, 15) is 13.2 Å². The van der Waals surface area contributed by atoms with Crippen LogP contribution < -0.4 is 15.4 Å². The molecule has 2 aromatic carbocycles. The minimum Gasteiger partial charge on any atom is -0.497 e. The quantitative estimate of drug-likeness (QED) is 0.490. The van der Waals surface area contributed by atoms with Crippen molar-refractivity contribution < 1.29 is 17.9 Å². The van der Waals surface area contributed by atoms with E-state index in [0.717, 1.165) is 37.0 Å². The molecule has 2 aromatic rings. The molecule has 0 atom stereocenters.